The Labute approximate surface area is 160 Å². The van der Waals surface area contributed by atoms with E-state index in [1.54, 1.807) is 6.07 Å². The van der Waals surface area contributed by atoms with Crippen molar-refractivity contribution in [3.05, 3.63) is 29.8 Å². The Hall–Kier alpha value is -1.51. The molecule has 0 fully saturated rings. The van der Waals surface area contributed by atoms with Crippen LogP contribution in [0.5, 0.6) is 5.75 Å². The first-order valence-electron chi connectivity index (χ1n) is 10.7. The SMILES string of the molecule is CCCCCCCC[C@@H](CCCCCC)COc1ccccc1C(N)=O. The van der Waals surface area contributed by atoms with E-state index in [0.29, 0.717) is 23.8 Å². The van der Waals surface area contributed by atoms with Gasteiger partial charge >= 0.3 is 0 Å². The third-order valence-corrected chi connectivity index (χ3v) is 5.06. The summed E-state index contributed by atoms with van der Waals surface area (Å²) in [6.07, 6.45) is 15.6. The molecule has 3 nitrogen and oxygen atoms in total. The molecule has 3 heteroatoms. The van der Waals surface area contributed by atoms with Gasteiger partial charge in [-0.2, -0.15) is 0 Å². The molecule has 0 radical (unpaired) electrons. The number of carbonyl (C=O) groups is 1. The van der Waals surface area contributed by atoms with Gasteiger partial charge in [-0.15, -0.1) is 0 Å². The molecule has 1 amide bonds. The second kappa shape index (κ2) is 14.6. The van der Waals surface area contributed by atoms with Gasteiger partial charge in [-0.3, -0.25) is 4.79 Å². The normalized spacial score (nSPS) is 12.1. The minimum Gasteiger partial charge on any atom is -0.492 e. The molecular weight excluding hydrogens is 322 g/mol. The smallest absolute Gasteiger partial charge is 0.252 e. The van der Waals surface area contributed by atoms with E-state index in [4.69, 9.17) is 10.5 Å². The zero-order chi connectivity index (χ0) is 19.0. The molecule has 1 aromatic carbocycles. The number of primary amides is 1. The Morgan fingerprint density at radius 2 is 1.42 bits per heavy atom. The predicted molar refractivity (Wildman–Crippen MR) is 111 cm³/mol. The fraction of sp³-hybridized carbons (Fsp3) is 0.696. The summed E-state index contributed by atoms with van der Waals surface area (Å²) in [5, 5.41) is 0. The van der Waals surface area contributed by atoms with Crippen LogP contribution in [0, 0.1) is 5.92 Å². The van der Waals surface area contributed by atoms with Crippen LogP contribution in [0.2, 0.25) is 0 Å². The van der Waals surface area contributed by atoms with Crippen molar-refractivity contribution in [1.82, 2.24) is 0 Å². The van der Waals surface area contributed by atoms with Crippen molar-refractivity contribution in [2.75, 3.05) is 6.61 Å². The molecule has 0 aliphatic rings. The van der Waals surface area contributed by atoms with E-state index in [1.165, 1.54) is 77.0 Å². The molecule has 0 saturated carbocycles. The molecule has 0 aliphatic heterocycles. The summed E-state index contributed by atoms with van der Waals surface area (Å²) >= 11 is 0. The molecule has 0 bridgehead atoms. The molecule has 1 atom stereocenters. The second-order valence-corrected chi connectivity index (χ2v) is 7.44. The predicted octanol–water partition coefficient (Wildman–Crippen LogP) is 6.50. The van der Waals surface area contributed by atoms with Crippen LogP contribution in [-0.4, -0.2) is 12.5 Å². The Kier molecular flexibility index (Phi) is 12.7. The van der Waals surface area contributed by atoms with Gasteiger partial charge in [0.1, 0.15) is 5.75 Å². The van der Waals surface area contributed by atoms with Crippen molar-refractivity contribution in [2.24, 2.45) is 11.7 Å². The van der Waals surface area contributed by atoms with Crippen LogP contribution in [0.25, 0.3) is 0 Å². The Morgan fingerprint density at radius 1 is 0.885 bits per heavy atom. The number of rotatable bonds is 16. The highest BCUT2D eigenvalue weighted by molar-refractivity contribution is 5.95. The first-order chi connectivity index (χ1) is 12.7. The fourth-order valence-electron chi connectivity index (χ4n) is 3.39. The Morgan fingerprint density at radius 3 is 2.04 bits per heavy atom. The third kappa shape index (κ3) is 9.84. The van der Waals surface area contributed by atoms with Crippen LogP contribution in [-0.2, 0) is 0 Å². The average Bonchev–Trinajstić information content (AvgIpc) is 2.65. The maximum atomic E-state index is 11.5. The quantitative estimate of drug-likeness (QED) is 0.342. The summed E-state index contributed by atoms with van der Waals surface area (Å²) in [5.41, 5.74) is 5.94. The highest BCUT2D eigenvalue weighted by atomic mass is 16.5. The van der Waals surface area contributed by atoms with E-state index in [1.807, 2.05) is 18.2 Å². The summed E-state index contributed by atoms with van der Waals surface area (Å²) < 4.78 is 6.01. The third-order valence-electron chi connectivity index (χ3n) is 5.06. The zero-order valence-electron chi connectivity index (χ0n) is 17.0. The molecule has 0 unspecified atom stereocenters. The lowest BCUT2D eigenvalue weighted by Gasteiger charge is -2.19. The standard InChI is InChI=1S/C23H39NO2/c1-3-5-7-9-10-12-16-20(15-11-8-6-4-2)19-26-22-18-14-13-17-21(22)23(24)25/h13-14,17-18,20H,3-12,15-16,19H2,1-2H3,(H2,24,25)/t20-/m1/s1. The molecule has 2 N–H and O–H groups in total. The minimum atomic E-state index is -0.420. The Bertz CT molecular complexity index is 487. The maximum absolute atomic E-state index is 11.5. The summed E-state index contributed by atoms with van der Waals surface area (Å²) in [6.45, 7) is 5.19. The summed E-state index contributed by atoms with van der Waals surface area (Å²) in [4.78, 5) is 11.5. The van der Waals surface area contributed by atoms with E-state index in [0.717, 1.165) is 0 Å². The molecule has 0 heterocycles. The number of nitrogens with two attached hydrogens (primary N) is 1. The topological polar surface area (TPSA) is 52.3 Å². The molecule has 1 aromatic rings. The van der Waals surface area contributed by atoms with Gasteiger partial charge in [-0.05, 0) is 30.9 Å². The second-order valence-electron chi connectivity index (χ2n) is 7.44. The zero-order valence-corrected chi connectivity index (χ0v) is 17.0. The van der Waals surface area contributed by atoms with Gasteiger partial charge in [0.15, 0.2) is 0 Å². The van der Waals surface area contributed by atoms with E-state index in [2.05, 4.69) is 13.8 Å². The van der Waals surface area contributed by atoms with Gasteiger partial charge in [0.05, 0.1) is 12.2 Å². The highest BCUT2D eigenvalue weighted by Crippen LogP contribution is 2.23. The molecule has 0 saturated heterocycles. The number of unbranched alkanes of at least 4 members (excludes halogenated alkanes) is 8. The number of hydrogen-bond donors (Lipinski definition) is 1. The van der Waals surface area contributed by atoms with Gasteiger partial charge in [0, 0.05) is 0 Å². The molecule has 0 aromatic heterocycles. The fourth-order valence-corrected chi connectivity index (χ4v) is 3.39. The van der Waals surface area contributed by atoms with Gasteiger partial charge in [-0.25, -0.2) is 0 Å². The van der Waals surface area contributed by atoms with Crippen molar-refractivity contribution >= 4 is 5.91 Å². The van der Waals surface area contributed by atoms with Crippen LogP contribution in [0.1, 0.15) is 101 Å². The van der Waals surface area contributed by atoms with Gasteiger partial charge in [0.2, 0.25) is 0 Å². The molecular formula is C23H39NO2. The van der Waals surface area contributed by atoms with Gasteiger partial charge < -0.3 is 10.5 Å². The van der Waals surface area contributed by atoms with E-state index >= 15 is 0 Å². The average molecular weight is 362 g/mol. The van der Waals surface area contributed by atoms with Crippen molar-refractivity contribution in [3.8, 4) is 5.75 Å². The molecule has 1 rings (SSSR count). The van der Waals surface area contributed by atoms with Crippen molar-refractivity contribution in [2.45, 2.75) is 90.9 Å². The maximum Gasteiger partial charge on any atom is 0.252 e. The molecule has 26 heavy (non-hydrogen) atoms. The van der Waals surface area contributed by atoms with E-state index in [-0.39, 0.29) is 0 Å². The number of amides is 1. The molecule has 0 aliphatic carbocycles. The van der Waals surface area contributed by atoms with Crippen LogP contribution in [0.3, 0.4) is 0 Å². The summed E-state index contributed by atoms with van der Waals surface area (Å²) in [5.74, 6) is 0.775. The van der Waals surface area contributed by atoms with Crippen molar-refractivity contribution < 1.29 is 9.53 Å². The number of carbonyl (C=O) groups excluding carboxylic acids is 1. The van der Waals surface area contributed by atoms with Crippen molar-refractivity contribution in [3.63, 3.8) is 0 Å². The lowest BCUT2D eigenvalue weighted by molar-refractivity contribution is 0.0995. The lowest BCUT2D eigenvalue weighted by atomic mass is 9.95. The van der Waals surface area contributed by atoms with Gasteiger partial charge in [0.25, 0.3) is 5.91 Å². The number of ether oxygens (including phenoxy) is 1. The number of para-hydroxylation sites is 1. The van der Waals surface area contributed by atoms with E-state index < -0.39 is 5.91 Å². The van der Waals surface area contributed by atoms with E-state index in [9.17, 15) is 4.79 Å². The first kappa shape index (κ1) is 22.5. The van der Waals surface area contributed by atoms with Gasteiger partial charge in [-0.1, -0.05) is 90.2 Å². The lowest BCUT2D eigenvalue weighted by Crippen LogP contribution is -2.16. The largest absolute Gasteiger partial charge is 0.492 e. The van der Waals surface area contributed by atoms with Crippen LogP contribution in [0.4, 0.5) is 0 Å². The molecule has 0 spiro atoms. The first-order valence-corrected chi connectivity index (χ1v) is 10.7. The van der Waals surface area contributed by atoms with Crippen LogP contribution >= 0.6 is 0 Å². The Balaban J connectivity index is 2.46. The summed E-state index contributed by atoms with van der Waals surface area (Å²) in [7, 11) is 0. The van der Waals surface area contributed by atoms with Crippen molar-refractivity contribution in [1.29, 1.82) is 0 Å². The molecule has 148 valence electrons. The monoisotopic (exact) mass is 361 g/mol. The minimum absolute atomic E-state index is 0.420. The summed E-state index contributed by atoms with van der Waals surface area (Å²) in [6, 6.07) is 7.30. The van der Waals surface area contributed by atoms with Crippen LogP contribution in [0.15, 0.2) is 24.3 Å². The highest BCUT2D eigenvalue weighted by Gasteiger charge is 2.13. The number of benzene rings is 1. The number of hydrogen-bond acceptors (Lipinski definition) is 2. The van der Waals surface area contributed by atoms with Crippen LogP contribution < -0.4 is 10.5 Å².